The van der Waals surface area contributed by atoms with Gasteiger partial charge in [-0.1, -0.05) is 18.2 Å². The fraction of sp³-hybridized carbons (Fsp3) is 0.118. The van der Waals surface area contributed by atoms with Gasteiger partial charge in [-0.2, -0.15) is 10.2 Å². The number of nitrogens with one attached hydrogen (secondary N) is 1. The van der Waals surface area contributed by atoms with Gasteiger partial charge >= 0.3 is 0 Å². The summed E-state index contributed by atoms with van der Waals surface area (Å²) >= 11 is 0. The number of aromatic nitrogens is 1. The summed E-state index contributed by atoms with van der Waals surface area (Å²) in [6.45, 7) is 0.575. The largest absolute Gasteiger partial charge is 0.395 e. The zero-order chi connectivity index (χ0) is 15.2. The van der Waals surface area contributed by atoms with E-state index in [0.29, 0.717) is 6.54 Å². The Labute approximate surface area is 128 Å². The summed E-state index contributed by atoms with van der Waals surface area (Å²) < 4.78 is 0. The van der Waals surface area contributed by atoms with Crippen LogP contribution in [0.1, 0.15) is 0 Å². The molecule has 0 saturated carbocycles. The molecule has 5 nitrogen and oxygen atoms in total. The highest BCUT2D eigenvalue weighted by Gasteiger charge is 2.02. The number of hydrogen-bond donors (Lipinski definition) is 2. The lowest BCUT2D eigenvalue weighted by Gasteiger charge is -2.08. The van der Waals surface area contributed by atoms with E-state index in [1.807, 2.05) is 54.6 Å². The third-order valence-electron chi connectivity index (χ3n) is 3.19. The molecule has 0 radical (unpaired) electrons. The Balaban J connectivity index is 1.93. The maximum absolute atomic E-state index is 8.95. The molecule has 0 aliphatic rings. The van der Waals surface area contributed by atoms with Gasteiger partial charge in [0.15, 0.2) is 0 Å². The van der Waals surface area contributed by atoms with Crippen molar-refractivity contribution in [1.82, 2.24) is 4.98 Å². The van der Waals surface area contributed by atoms with E-state index in [1.165, 1.54) is 0 Å². The summed E-state index contributed by atoms with van der Waals surface area (Å²) in [4.78, 5) is 4.33. The molecule has 2 aromatic carbocycles. The van der Waals surface area contributed by atoms with E-state index in [1.54, 1.807) is 6.20 Å². The molecule has 3 rings (SSSR count). The van der Waals surface area contributed by atoms with Crippen molar-refractivity contribution < 1.29 is 5.11 Å². The molecular formula is C17H16N4O. The lowest BCUT2D eigenvalue weighted by atomic mass is 10.1. The SMILES string of the molecule is OCCNc1ccnc2ccc(N=Nc3ccccc3)cc12. The Morgan fingerprint density at radius 1 is 0.955 bits per heavy atom. The van der Waals surface area contributed by atoms with Crippen LogP contribution in [0.2, 0.25) is 0 Å². The maximum atomic E-state index is 8.95. The van der Waals surface area contributed by atoms with E-state index in [0.717, 1.165) is 28.0 Å². The van der Waals surface area contributed by atoms with E-state index in [2.05, 4.69) is 20.5 Å². The number of aliphatic hydroxyl groups is 1. The number of nitrogens with zero attached hydrogens (tertiary/aromatic N) is 3. The summed E-state index contributed by atoms with van der Waals surface area (Å²) in [7, 11) is 0. The van der Waals surface area contributed by atoms with Crippen LogP contribution in [0.3, 0.4) is 0 Å². The standard InChI is InChI=1S/C17H16N4O/c22-11-10-19-17-8-9-18-16-7-6-14(12-15(16)17)21-20-13-4-2-1-3-5-13/h1-9,12,22H,10-11H2,(H,18,19). The van der Waals surface area contributed by atoms with Crippen LogP contribution in [0.4, 0.5) is 17.1 Å². The summed E-state index contributed by atoms with van der Waals surface area (Å²) in [5.74, 6) is 0. The highest BCUT2D eigenvalue weighted by Crippen LogP contribution is 2.27. The van der Waals surface area contributed by atoms with Crippen molar-refractivity contribution in [2.75, 3.05) is 18.5 Å². The van der Waals surface area contributed by atoms with E-state index in [-0.39, 0.29) is 6.61 Å². The second-order valence-corrected chi connectivity index (χ2v) is 4.75. The van der Waals surface area contributed by atoms with Crippen molar-refractivity contribution in [3.8, 4) is 0 Å². The van der Waals surface area contributed by atoms with Gasteiger partial charge in [0.25, 0.3) is 0 Å². The fourth-order valence-electron chi connectivity index (χ4n) is 2.15. The fourth-order valence-corrected chi connectivity index (χ4v) is 2.15. The Morgan fingerprint density at radius 2 is 1.77 bits per heavy atom. The van der Waals surface area contributed by atoms with Crippen molar-refractivity contribution in [2.45, 2.75) is 0 Å². The molecule has 1 aromatic heterocycles. The Morgan fingerprint density at radius 3 is 2.59 bits per heavy atom. The number of fused-ring (bicyclic) bond motifs is 1. The van der Waals surface area contributed by atoms with Crippen molar-refractivity contribution in [1.29, 1.82) is 0 Å². The molecule has 1 heterocycles. The highest BCUT2D eigenvalue weighted by atomic mass is 16.3. The first-order chi connectivity index (χ1) is 10.9. The monoisotopic (exact) mass is 292 g/mol. The second-order valence-electron chi connectivity index (χ2n) is 4.75. The molecule has 0 spiro atoms. The van der Waals surface area contributed by atoms with E-state index >= 15 is 0 Å². The summed E-state index contributed by atoms with van der Waals surface area (Å²) in [5, 5.41) is 21.6. The molecule has 3 aromatic rings. The van der Waals surface area contributed by atoms with E-state index in [9.17, 15) is 0 Å². The number of azo groups is 1. The molecule has 0 fully saturated rings. The smallest absolute Gasteiger partial charge is 0.0865 e. The van der Waals surface area contributed by atoms with Crippen LogP contribution in [0, 0.1) is 0 Å². The lowest BCUT2D eigenvalue weighted by molar-refractivity contribution is 0.311. The molecule has 5 heteroatoms. The minimum atomic E-state index is 0.0806. The maximum Gasteiger partial charge on any atom is 0.0865 e. The van der Waals surface area contributed by atoms with E-state index in [4.69, 9.17) is 5.11 Å². The van der Waals surface area contributed by atoms with Gasteiger partial charge < -0.3 is 10.4 Å². The minimum absolute atomic E-state index is 0.0806. The van der Waals surface area contributed by atoms with Crippen molar-refractivity contribution in [3.05, 3.63) is 60.8 Å². The van der Waals surface area contributed by atoms with Crippen LogP contribution >= 0.6 is 0 Å². The van der Waals surface area contributed by atoms with Gasteiger partial charge in [-0.15, -0.1) is 0 Å². The Bertz CT molecular complexity index is 787. The third-order valence-corrected chi connectivity index (χ3v) is 3.19. The number of anilines is 1. The van der Waals surface area contributed by atoms with Gasteiger partial charge in [-0.25, -0.2) is 0 Å². The average molecular weight is 292 g/mol. The van der Waals surface area contributed by atoms with Crippen molar-refractivity contribution in [2.24, 2.45) is 10.2 Å². The molecule has 2 N–H and O–H groups in total. The molecule has 0 saturated heterocycles. The van der Waals surface area contributed by atoms with Gasteiger partial charge in [-0.3, -0.25) is 4.98 Å². The van der Waals surface area contributed by atoms with Crippen molar-refractivity contribution >= 4 is 28.0 Å². The summed E-state index contributed by atoms with van der Waals surface area (Å²) in [5.41, 5.74) is 3.38. The summed E-state index contributed by atoms with van der Waals surface area (Å²) in [6, 6.07) is 17.2. The Kier molecular flexibility index (Phi) is 4.36. The predicted molar refractivity (Wildman–Crippen MR) is 87.9 cm³/mol. The van der Waals surface area contributed by atoms with Crippen LogP contribution in [0.5, 0.6) is 0 Å². The van der Waals surface area contributed by atoms with Crippen LogP contribution < -0.4 is 5.32 Å². The second kappa shape index (κ2) is 6.78. The lowest BCUT2D eigenvalue weighted by Crippen LogP contribution is -2.05. The first kappa shape index (κ1) is 14.2. The average Bonchev–Trinajstić information content (AvgIpc) is 2.59. The normalized spacial score (nSPS) is 11.1. The van der Waals surface area contributed by atoms with Crippen molar-refractivity contribution in [3.63, 3.8) is 0 Å². The molecule has 110 valence electrons. The predicted octanol–water partition coefficient (Wildman–Crippen LogP) is 4.05. The zero-order valence-corrected chi connectivity index (χ0v) is 12.0. The quantitative estimate of drug-likeness (QED) is 0.697. The highest BCUT2D eigenvalue weighted by molar-refractivity contribution is 5.92. The molecule has 0 amide bonds. The number of aliphatic hydroxyl groups excluding tert-OH is 1. The number of pyridine rings is 1. The van der Waals surface area contributed by atoms with Crippen LogP contribution in [-0.2, 0) is 0 Å². The number of hydrogen-bond acceptors (Lipinski definition) is 5. The van der Waals surface area contributed by atoms with Gasteiger partial charge in [-0.05, 0) is 36.4 Å². The topological polar surface area (TPSA) is 69.9 Å². The van der Waals surface area contributed by atoms with Gasteiger partial charge in [0.1, 0.15) is 0 Å². The van der Waals surface area contributed by atoms with Crippen LogP contribution in [0.15, 0.2) is 71.0 Å². The van der Waals surface area contributed by atoms with Crippen LogP contribution in [-0.4, -0.2) is 23.2 Å². The molecule has 0 atom stereocenters. The van der Waals surface area contributed by atoms with E-state index < -0.39 is 0 Å². The van der Waals surface area contributed by atoms with Crippen LogP contribution in [0.25, 0.3) is 10.9 Å². The molecule has 22 heavy (non-hydrogen) atoms. The first-order valence-corrected chi connectivity index (χ1v) is 7.07. The van der Waals surface area contributed by atoms with Gasteiger partial charge in [0, 0.05) is 23.8 Å². The number of benzene rings is 2. The molecule has 0 aliphatic heterocycles. The minimum Gasteiger partial charge on any atom is -0.395 e. The zero-order valence-electron chi connectivity index (χ0n) is 12.0. The van der Waals surface area contributed by atoms with Gasteiger partial charge in [0.05, 0.1) is 23.5 Å². The molecular weight excluding hydrogens is 276 g/mol. The number of rotatable bonds is 5. The Hall–Kier alpha value is -2.79. The molecule has 0 unspecified atom stereocenters. The van der Waals surface area contributed by atoms with Gasteiger partial charge in [0.2, 0.25) is 0 Å². The molecule has 0 bridgehead atoms. The first-order valence-electron chi connectivity index (χ1n) is 7.07. The third kappa shape index (κ3) is 3.27. The summed E-state index contributed by atoms with van der Waals surface area (Å²) in [6.07, 6.45) is 1.74. The molecule has 0 aliphatic carbocycles.